The van der Waals surface area contributed by atoms with E-state index < -0.39 is 0 Å². The van der Waals surface area contributed by atoms with Crippen molar-refractivity contribution in [1.29, 1.82) is 0 Å². The number of amides is 2. The van der Waals surface area contributed by atoms with Crippen LogP contribution >= 0.6 is 11.3 Å². The van der Waals surface area contributed by atoms with Crippen molar-refractivity contribution >= 4 is 39.3 Å². The maximum Gasteiger partial charge on any atom is 0.307 e. The van der Waals surface area contributed by atoms with Gasteiger partial charge >= 0.3 is 5.97 Å². The van der Waals surface area contributed by atoms with Gasteiger partial charge in [0.25, 0.3) is 0 Å². The van der Waals surface area contributed by atoms with Gasteiger partial charge in [0.15, 0.2) is 0 Å². The number of rotatable bonds is 6. The molecule has 2 fully saturated rings. The Hall–Kier alpha value is -2.28. The molecule has 1 aromatic heterocycles. The zero-order chi connectivity index (χ0) is 18.8. The number of ether oxygens (including phenoxy) is 1. The van der Waals surface area contributed by atoms with Crippen molar-refractivity contribution in [2.45, 2.75) is 38.5 Å². The lowest BCUT2D eigenvalue weighted by atomic mass is 9.81. The Morgan fingerprint density at radius 1 is 1.15 bits per heavy atom. The molecule has 1 saturated heterocycles. The fraction of sp³-hybridized carbons (Fsp3) is 0.500. The predicted molar refractivity (Wildman–Crippen MR) is 101 cm³/mol. The molecule has 1 saturated carbocycles. The quantitative estimate of drug-likeness (QED) is 0.563. The smallest absolute Gasteiger partial charge is 0.307 e. The Morgan fingerprint density at radius 3 is 2.56 bits per heavy atom. The Bertz CT molecular complexity index is 821. The molecule has 2 atom stereocenters. The van der Waals surface area contributed by atoms with Crippen molar-refractivity contribution in [1.82, 2.24) is 9.88 Å². The van der Waals surface area contributed by atoms with Gasteiger partial charge in [0.05, 0.1) is 40.1 Å². The molecule has 0 spiro atoms. The molecule has 1 aromatic carbocycles. The number of benzene rings is 1. The first-order chi connectivity index (χ1) is 13.1. The van der Waals surface area contributed by atoms with Crippen LogP contribution in [0.5, 0.6) is 0 Å². The monoisotopic (exact) mass is 386 g/mol. The minimum atomic E-state index is -0.383. The lowest BCUT2D eigenvalue weighted by molar-refractivity contribution is -0.145. The molecule has 2 aliphatic rings. The van der Waals surface area contributed by atoms with E-state index in [9.17, 15) is 14.4 Å². The molecule has 4 rings (SSSR count). The fourth-order valence-electron chi connectivity index (χ4n) is 4.01. The lowest BCUT2D eigenvalue weighted by Crippen LogP contribution is -2.33. The summed E-state index contributed by atoms with van der Waals surface area (Å²) in [7, 11) is 0. The average Bonchev–Trinajstić information content (AvgIpc) is 3.20. The second-order valence-electron chi connectivity index (χ2n) is 7.12. The number of hydrogen-bond donors (Lipinski definition) is 0. The second-order valence-corrected chi connectivity index (χ2v) is 8.24. The molecule has 1 aliphatic carbocycles. The number of nitrogens with zero attached hydrogens (tertiary/aromatic N) is 2. The van der Waals surface area contributed by atoms with Crippen LogP contribution < -0.4 is 0 Å². The van der Waals surface area contributed by atoms with Crippen LogP contribution in [0.15, 0.2) is 24.3 Å². The normalized spacial score (nSPS) is 22.3. The van der Waals surface area contributed by atoms with E-state index >= 15 is 0 Å². The molecule has 1 aliphatic heterocycles. The predicted octanol–water partition coefficient (Wildman–Crippen LogP) is 2.95. The highest BCUT2D eigenvalue weighted by molar-refractivity contribution is 7.18. The molecule has 7 heteroatoms. The first-order valence-electron chi connectivity index (χ1n) is 9.49. The van der Waals surface area contributed by atoms with Crippen LogP contribution in [0.25, 0.3) is 10.2 Å². The molecule has 2 heterocycles. The molecule has 142 valence electrons. The Morgan fingerprint density at radius 2 is 1.85 bits per heavy atom. The van der Waals surface area contributed by atoms with E-state index in [0.29, 0.717) is 6.42 Å². The van der Waals surface area contributed by atoms with Crippen molar-refractivity contribution in [3.05, 3.63) is 29.3 Å². The highest BCUT2D eigenvalue weighted by Crippen LogP contribution is 2.37. The second kappa shape index (κ2) is 7.76. The van der Waals surface area contributed by atoms with E-state index in [4.69, 9.17) is 4.74 Å². The number of carbonyl (C=O) groups excluding carboxylic acids is 3. The first-order valence-corrected chi connectivity index (χ1v) is 10.3. The van der Waals surface area contributed by atoms with Gasteiger partial charge < -0.3 is 4.74 Å². The Balaban J connectivity index is 1.24. The molecule has 2 unspecified atom stereocenters. The summed E-state index contributed by atoms with van der Waals surface area (Å²) >= 11 is 1.59. The van der Waals surface area contributed by atoms with Crippen molar-refractivity contribution < 1.29 is 19.1 Å². The molecule has 0 N–H and O–H groups in total. The van der Waals surface area contributed by atoms with Gasteiger partial charge in [-0.3, -0.25) is 19.3 Å². The summed E-state index contributed by atoms with van der Waals surface area (Å²) in [4.78, 5) is 42.6. The molecule has 2 aromatic rings. The minimum absolute atomic E-state index is 0.0523. The molecule has 6 nitrogen and oxygen atoms in total. The van der Waals surface area contributed by atoms with Crippen LogP contribution in [-0.2, 0) is 25.5 Å². The molecule has 0 radical (unpaired) electrons. The van der Waals surface area contributed by atoms with E-state index in [-0.39, 0.29) is 49.2 Å². The third-order valence-corrected chi connectivity index (χ3v) is 6.49. The third-order valence-electron chi connectivity index (χ3n) is 5.39. The van der Waals surface area contributed by atoms with Crippen LogP contribution in [-0.4, -0.2) is 40.8 Å². The summed E-state index contributed by atoms with van der Waals surface area (Å²) in [6.07, 6.45) is 4.20. The summed E-state index contributed by atoms with van der Waals surface area (Å²) in [5.41, 5.74) is 0.955. The van der Waals surface area contributed by atoms with Gasteiger partial charge in [0.1, 0.15) is 0 Å². The lowest BCUT2D eigenvalue weighted by Gasteiger charge is -2.19. The molecule has 0 bridgehead atoms. The number of thiazole rings is 1. The Labute approximate surface area is 161 Å². The molecule has 27 heavy (non-hydrogen) atoms. The van der Waals surface area contributed by atoms with Crippen molar-refractivity contribution in [3.8, 4) is 0 Å². The number of carbonyl (C=O) groups is 3. The summed E-state index contributed by atoms with van der Waals surface area (Å²) in [5.74, 6) is -0.923. The molecule has 2 amide bonds. The number of fused-ring (bicyclic) bond motifs is 2. The Kier molecular flexibility index (Phi) is 5.20. The highest BCUT2D eigenvalue weighted by atomic mass is 32.1. The zero-order valence-corrected chi connectivity index (χ0v) is 15.9. The van der Waals surface area contributed by atoms with Gasteiger partial charge in [-0.05, 0) is 25.0 Å². The average molecular weight is 386 g/mol. The first kappa shape index (κ1) is 18.1. The highest BCUT2D eigenvalue weighted by Gasteiger charge is 2.47. The SMILES string of the molecule is O=C(CCN1C(=O)C2CCCCC2C1=O)OCCc1nc2ccccc2s1. The number of likely N-dealkylation sites (tertiary alicyclic amines) is 1. The number of hydrogen-bond acceptors (Lipinski definition) is 6. The summed E-state index contributed by atoms with van der Waals surface area (Å²) in [5, 5.41) is 0.929. The van der Waals surface area contributed by atoms with E-state index in [1.54, 1.807) is 11.3 Å². The number of aromatic nitrogens is 1. The fourth-order valence-corrected chi connectivity index (χ4v) is 4.95. The number of imide groups is 1. The van der Waals surface area contributed by atoms with E-state index in [1.165, 1.54) is 4.90 Å². The van der Waals surface area contributed by atoms with E-state index in [1.807, 2.05) is 24.3 Å². The van der Waals surface area contributed by atoms with E-state index in [2.05, 4.69) is 4.98 Å². The van der Waals surface area contributed by atoms with Crippen molar-refractivity contribution in [3.63, 3.8) is 0 Å². The maximum absolute atomic E-state index is 12.4. The third kappa shape index (κ3) is 3.74. The number of esters is 1. The standard InChI is InChI=1S/C20H22N2O4S/c23-18(26-12-10-17-21-15-7-3-4-8-16(15)27-17)9-11-22-19(24)13-5-1-2-6-14(13)20(22)25/h3-4,7-8,13-14H,1-2,5-6,9-12H2. The largest absolute Gasteiger partial charge is 0.465 e. The summed E-state index contributed by atoms with van der Waals surface area (Å²) in [6, 6.07) is 7.90. The van der Waals surface area contributed by atoms with Gasteiger partial charge in [-0.25, -0.2) is 4.98 Å². The van der Waals surface area contributed by atoms with Gasteiger partial charge in [-0.1, -0.05) is 25.0 Å². The minimum Gasteiger partial charge on any atom is -0.465 e. The molecular weight excluding hydrogens is 364 g/mol. The topological polar surface area (TPSA) is 76.6 Å². The molecular formula is C20H22N2O4S. The zero-order valence-electron chi connectivity index (χ0n) is 15.1. The van der Waals surface area contributed by atoms with Gasteiger partial charge in [0, 0.05) is 13.0 Å². The maximum atomic E-state index is 12.4. The number of para-hydroxylation sites is 1. The van der Waals surface area contributed by atoms with Gasteiger partial charge in [-0.15, -0.1) is 11.3 Å². The van der Waals surface area contributed by atoms with Crippen molar-refractivity contribution in [2.24, 2.45) is 11.8 Å². The van der Waals surface area contributed by atoms with Crippen LogP contribution in [0.4, 0.5) is 0 Å². The van der Waals surface area contributed by atoms with Crippen LogP contribution in [0.1, 0.15) is 37.1 Å². The van der Waals surface area contributed by atoms with Crippen LogP contribution in [0.2, 0.25) is 0 Å². The summed E-state index contributed by atoms with van der Waals surface area (Å²) < 4.78 is 6.39. The van der Waals surface area contributed by atoms with E-state index in [0.717, 1.165) is 40.9 Å². The van der Waals surface area contributed by atoms with Gasteiger partial charge in [-0.2, -0.15) is 0 Å². The summed E-state index contributed by atoms with van der Waals surface area (Å²) in [6.45, 7) is 0.385. The van der Waals surface area contributed by atoms with Gasteiger partial charge in [0.2, 0.25) is 11.8 Å². The van der Waals surface area contributed by atoms with Crippen LogP contribution in [0, 0.1) is 11.8 Å². The van der Waals surface area contributed by atoms with Crippen molar-refractivity contribution in [2.75, 3.05) is 13.2 Å². The van der Waals surface area contributed by atoms with Crippen LogP contribution in [0.3, 0.4) is 0 Å².